The molecule has 7 nitrogen and oxygen atoms in total. The lowest BCUT2D eigenvalue weighted by molar-refractivity contribution is -0.123. The quantitative estimate of drug-likeness (QED) is 0.853. The molecular weight excluding hydrogens is 272 g/mol. The molecule has 2 rings (SSSR count). The number of nitrogens with zero attached hydrogens (tertiary/aromatic N) is 3. The van der Waals surface area contributed by atoms with E-state index in [1.54, 1.807) is 11.1 Å². The number of hydrogen-bond acceptors (Lipinski definition) is 4. The molecule has 7 heteroatoms. The summed E-state index contributed by atoms with van der Waals surface area (Å²) in [5.41, 5.74) is 0. The van der Waals surface area contributed by atoms with Crippen LogP contribution in [0, 0.1) is 0 Å². The van der Waals surface area contributed by atoms with Crippen LogP contribution in [0.4, 0.5) is 4.79 Å². The Morgan fingerprint density at radius 2 is 2.24 bits per heavy atom. The van der Waals surface area contributed by atoms with Crippen molar-refractivity contribution < 1.29 is 14.3 Å². The van der Waals surface area contributed by atoms with Crippen LogP contribution in [0.3, 0.4) is 0 Å². The number of amides is 2. The van der Waals surface area contributed by atoms with Gasteiger partial charge in [-0.15, -0.1) is 0 Å². The Bertz CT molecular complexity index is 512. The first-order chi connectivity index (χ1) is 10.0. The highest BCUT2D eigenvalue weighted by Crippen LogP contribution is 2.17. The highest BCUT2D eigenvalue weighted by atomic mass is 16.6. The molecule has 0 spiro atoms. The third kappa shape index (κ3) is 3.53. The van der Waals surface area contributed by atoms with Gasteiger partial charge >= 0.3 is 6.09 Å². The van der Waals surface area contributed by atoms with Crippen LogP contribution in [0.25, 0.3) is 0 Å². The SMILES string of the molecule is CC(C)c1nccn1[C@H](C)C(=O)NCCN1CCOC1=O. The standard InChI is InChI=1S/C14H22N4O3/c1-10(2)12-15-5-7-18(12)11(3)13(19)16-4-6-17-8-9-21-14(17)20/h5,7,10-11H,4,6,8-9H2,1-3H3,(H,16,19)/t11-/m1/s1. The van der Waals surface area contributed by atoms with Crippen LogP contribution in [0.15, 0.2) is 12.4 Å². The van der Waals surface area contributed by atoms with E-state index < -0.39 is 0 Å². The average molecular weight is 294 g/mol. The van der Waals surface area contributed by atoms with Crippen LogP contribution < -0.4 is 5.32 Å². The van der Waals surface area contributed by atoms with E-state index >= 15 is 0 Å². The van der Waals surface area contributed by atoms with E-state index in [1.165, 1.54) is 0 Å². The second-order valence-corrected chi connectivity index (χ2v) is 5.42. The topological polar surface area (TPSA) is 76.5 Å². The van der Waals surface area contributed by atoms with E-state index in [4.69, 9.17) is 4.74 Å². The summed E-state index contributed by atoms with van der Waals surface area (Å²) in [5.74, 6) is 1.07. The number of carbonyl (C=O) groups is 2. The largest absolute Gasteiger partial charge is 0.448 e. The highest BCUT2D eigenvalue weighted by molar-refractivity contribution is 5.80. The molecule has 0 radical (unpaired) electrons. The van der Waals surface area contributed by atoms with Crippen molar-refractivity contribution in [3.8, 4) is 0 Å². The minimum atomic E-state index is -0.324. The van der Waals surface area contributed by atoms with Gasteiger partial charge in [0.05, 0.1) is 6.54 Å². The number of imidazole rings is 1. The Hall–Kier alpha value is -2.05. The monoisotopic (exact) mass is 294 g/mol. The summed E-state index contributed by atoms with van der Waals surface area (Å²) < 4.78 is 6.71. The molecule has 1 N–H and O–H groups in total. The number of aromatic nitrogens is 2. The molecule has 1 fully saturated rings. The fraction of sp³-hybridized carbons (Fsp3) is 0.643. The van der Waals surface area contributed by atoms with Gasteiger partial charge in [-0.05, 0) is 6.92 Å². The lowest BCUT2D eigenvalue weighted by Crippen LogP contribution is -2.38. The van der Waals surface area contributed by atoms with Crippen molar-refractivity contribution in [3.05, 3.63) is 18.2 Å². The van der Waals surface area contributed by atoms with Crippen molar-refractivity contribution in [3.63, 3.8) is 0 Å². The third-order valence-electron chi connectivity index (χ3n) is 3.54. The number of ether oxygens (including phenoxy) is 1. The van der Waals surface area contributed by atoms with E-state index in [9.17, 15) is 9.59 Å². The normalized spacial score (nSPS) is 16.2. The first kappa shape index (κ1) is 15.3. The average Bonchev–Trinajstić information content (AvgIpc) is 3.07. The molecule has 1 atom stereocenters. The molecule has 2 amide bonds. The number of nitrogens with one attached hydrogen (secondary N) is 1. The van der Waals surface area contributed by atoms with Crippen molar-refractivity contribution in [2.24, 2.45) is 0 Å². The maximum absolute atomic E-state index is 12.2. The predicted octanol–water partition coefficient (Wildman–Crippen LogP) is 1.14. The lowest BCUT2D eigenvalue weighted by Gasteiger charge is -2.19. The molecule has 0 saturated carbocycles. The Morgan fingerprint density at radius 3 is 2.86 bits per heavy atom. The molecule has 1 aromatic heterocycles. The Morgan fingerprint density at radius 1 is 1.48 bits per heavy atom. The zero-order valence-electron chi connectivity index (χ0n) is 12.7. The minimum Gasteiger partial charge on any atom is -0.448 e. The number of hydrogen-bond donors (Lipinski definition) is 1. The van der Waals surface area contributed by atoms with Crippen molar-refractivity contribution in [2.75, 3.05) is 26.2 Å². The second kappa shape index (κ2) is 6.60. The third-order valence-corrected chi connectivity index (χ3v) is 3.54. The van der Waals surface area contributed by atoms with Crippen molar-refractivity contribution in [1.82, 2.24) is 19.8 Å². The van der Waals surface area contributed by atoms with Gasteiger partial charge in [0.2, 0.25) is 5.91 Å². The van der Waals surface area contributed by atoms with E-state index in [2.05, 4.69) is 10.3 Å². The number of rotatable bonds is 6. The smallest absolute Gasteiger partial charge is 0.409 e. The Labute approximate surface area is 124 Å². The summed E-state index contributed by atoms with van der Waals surface area (Å²) in [7, 11) is 0. The zero-order valence-corrected chi connectivity index (χ0v) is 12.7. The first-order valence-corrected chi connectivity index (χ1v) is 7.23. The fourth-order valence-electron chi connectivity index (χ4n) is 2.32. The number of carbonyl (C=O) groups excluding carboxylic acids is 2. The van der Waals surface area contributed by atoms with Gasteiger partial charge in [-0.25, -0.2) is 9.78 Å². The van der Waals surface area contributed by atoms with Gasteiger partial charge in [0, 0.05) is 31.4 Å². The van der Waals surface area contributed by atoms with Gasteiger partial charge in [0.25, 0.3) is 0 Å². The maximum Gasteiger partial charge on any atom is 0.409 e. The first-order valence-electron chi connectivity index (χ1n) is 7.23. The van der Waals surface area contributed by atoms with Crippen LogP contribution in [0.5, 0.6) is 0 Å². The Kier molecular flexibility index (Phi) is 4.82. The summed E-state index contributed by atoms with van der Waals surface area (Å²) >= 11 is 0. The molecule has 0 unspecified atom stereocenters. The minimum absolute atomic E-state index is 0.0811. The highest BCUT2D eigenvalue weighted by Gasteiger charge is 2.22. The number of cyclic esters (lactones) is 1. The van der Waals surface area contributed by atoms with Gasteiger partial charge in [0.1, 0.15) is 18.5 Å². The van der Waals surface area contributed by atoms with Crippen molar-refractivity contribution in [2.45, 2.75) is 32.7 Å². The van der Waals surface area contributed by atoms with E-state index in [0.717, 1.165) is 5.82 Å². The van der Waals surface area contributed by atoms with Crippen LogP contribution in [-0.2, 0) is 9.53 Å². The summed E-state index contributed by atoms with van der Waals surface area (Å²) in [6.45, 7) is 7.83. The maximum atomic E-state index is 12.2. The molecule has 1 saturated heterocycles. The molecule has 0 aliphatic carbocycles. The summed E-state index contributed by atoms with van der Waals surface area (Å²) in [6.07, 6.45) is 3.21. The molecular formula is C14H22N4O3. The van der Waals surface area contributed by atoms with Crippen LogP contribution in [-0.4, -0.2) is 52.7 Å². The van der Waals surface area contributed by atoms with E-state index in [0.29, 0.717) is 26.2 Å². The molecule has 2 heterocycles. The summed E-state index contributed by atoms with van der Waals surface area (Å²) in [4.78, 5) is 29.3. The molecule has 21 heavy (non-hydrogen) atoms. The van der Waals surface area contributed by atoms with E-state index in [1.807, 2.05) is 31.5 Å². The summed E-state index contributed by atoms with van der Waals surface area (Å²) in [5, 5.41) is 2.85. The fourth-order valence-corrected chi connectivity index (χ4v) is 2.32. The van der Waals surface area contributed by atoms with Crippen LogP contribution >= 0.6 is 0 Å². The van der Waals surface area contributed by atoms with E-state index in [-0.39, 0.29) is 24.0 Å². The molecule has 0 aromatic carbocycles. The van der Waals surface area contributed by atoms with Gasteiger partial charge in [-0.2, -0.15) is 0 Å². The van der Waals surface area contributed by atoms with Gasteiger partial charge in [0.15, 0.2) is 0 Å². The van der Waals surface area contributed by atoms with Crippen molar-refractivity contribution in [1.29, 1.82) is 0 Å². The van der Waals surface area contributed by atoms with Gasteiger partial charge in [-0.1, -0.05) is 13.8 Å². The lowest BCUT2D eigenvalue weighted by atomic mass is 10.2. The van der Waals surface area contributed by atoms with Crippen molar-refractivity contribution >= 4 is 12.0 Å². The Balaban J connectivity index is 1.85. The second-order valence-electron chi connectivity index (χ2n) is 5.42. The molecule has 0 bridgehead atoms. The molecule has 1 aliphatic rings. The summed E-state index contributed by atoms with van der Waals surface area (Å²) in [6, 6.07) is -0.324. The molecule has 1 aliphatic heterocycles. The van der Waals surface area contributed by atoms with Crippen LogP contribution in [0.2, 0.25) is 0 Å². The van der Waals surface area contributed by atoms with Gasteiger partial charge in [-0.3, -0.25) is 4.79 Å². The van der Waals surface area contributed by atoms with Crippen LogP contribution in [0.1, 0.15) is 38.6 Å². The molecule has 1 aromatic rings. The molecule has 116 valence electrons. The predicted molar refractivity (Wildman–Crippen MR) is 77.0 cm³/mol. The van der Waals surface area contributed by atoms with Gasteiger partial charge < -0.3 is 19.5 Å². The zero-order chi connectivity index (χ0) is 15.4.